The minimum absolute atomic E-state index is 0.357. The zero-order valence-electron chi connectivity index (χ0n) is 25.3. The van der Waals surface area contributed by atoms with E-state index in [0.717, 1.165) is 24.3 Å². The Morgan fingerprint density at radius 1 is 0.429 bits per heavy atom. The summed E-state index contributed by atoms with van der Waals surface area (Å²) in [5, 5.41) is 0. The summed E-state index contributed by atoms with van der Waals surface area (Å²) >= 11 is 0. The fourth-order valence-electron chi connectivity index (χ4n) is 4.43. The highest BCUT2D eigenvalue weighted by atomic mass is 16.5. The molecule has 0 radical (unpaired) electrons. The van der Waals surface area contributed by atoms with Gasteiger partial charge in [-0.25, -0.2) is 9.59 Å². The minimum Gasteiger partial charge on any atom is -0.494 e. The monoisotopic (exact) mass is 574 g/mol. The predicted molar refractivity (Wildman–Crippen MR) is 167 cm³/mol. The molecule has 0 aliphatic carbocycles. The molecular weight excluding hydrogens is 528 g/mol. The van der Waals surface area contributed by atoms with Gasteiger partial charge in [-0.05, 0) is 85.6 Å². The van der Waals surface area contributed by atoms with Gasteiger partial charge >= 0.3 is 11.9 Å². The second-order valence-electron chi connectivity index (χ2n) is 10.5. The standard InChI is InChI=1S/C36H46O6/c1-3-5-7-9-11-13-27-39-31-19-15-29(16-20-31)35(37)41-33-23-25-34(26-24-33)42-36(38)30-17-21-32(22-18-30)40-28-14-12-10-8-6-4-2/h15-26H,3-14,27-28H2,1-2H3. The van der Waals surface area contributed by atoms with Crippen molar-refractivity contribution in [2.75, 3.05) is 13.2 Å². The van der Waals surface area contributed by atoms with Crippen LogP contribution in [-0.4, -0.2) is 25.2 Å². The summed E-state index contributed by atoms with van der Waals surface area (Å²) < 4.78 is 22.5. The first-order valence-corrected chi connectivity index (χ1v) is 15.6. The zero-order chi connectivity index (χ0) is 29.8. The number of ether oxygens (including phenoxy) is 4. The van der Waals surface area contributed by atoms with Crippen molar-refractivity contribution in [2.45, 2.75) is 90.9 Å². The zero-order valence-corrected chi connectivity index (χ0v) is 25.3. The third kappa shape index (κ3) is 12.4. The van der Waals surface area contributed by atoms with Crippen LogP contribution < -0.4 is 18.9 Å². The van der Waals surface area contributed by atoms with Gasteiger partial charge in [0.05, 0.1) is 24.3 Å². The van der Waals surface area contributed by atoms with Gasteiger partial charge in [-0.1, -0.05) is 78.1 Å². The van der Waals surface area contributed by atoms with Gasteiger partial charge in [-0.3, -0.25) is 0 Å². The van der Waals surface area contributed by atoms with Crippen LogP contribution >= 0.6 is 0 Å². The van der Waals surface area contributed by atoms with Gasteiger partial charge in [0.1, 0.15) is 23.0 Å². The van der Waals surface area contributed by atoms with Gasteiger partial charge in [0, 0.05) is 0 Å². The predicted octanol–water partition coefficient (Wildman–Crippen LogP) is 9.60. The van der Waals surface area contributed by atoms with E-state index in [1.165, 1.54) is 64.2 Å². The van der Waals surface area contributed by atoms with Crippen LogP contribution in [0, 0.1) is 0 Å². The average Bonchev–Trinajstić information content (AvgIpc) is 3.01. The van der Waals surface area contributed by atoms with Crippen LogP contribution in [0.2, 0.25) is 0 Å². The molecule has 3 aromatic rings. The molecule has 0 heterocycles. The maximum absolute atomic E-state index is 12.6. The van der Waals surface area contributed by atoms with Crippen LogP contribution in [-0.2, 0) is 0 Å². The topological polar surface area (TPSA) is 71.1 Å². The van der Waals surface area contributed by atoms with E-state index in [2.05, 4.69) is 13.8 Å². The number of carbonyl (C=O) groups is 2. The van der Waals surface area contributed by atoms with E-state index in [9.17, 15) is 9.59 Å². The highest BCUT2D eigenvalue weighted by Gasteiger charge is 2.12. The van der Waals surface area contributed by atoms with Crippen LogP contribution in [0.3, 0.4) is 0 Å². The van der Waals surface area contributed by atoms with Crippen molar-refractivity contribution >= 4 is 11.9 Å². The van der Waals surface area contributed by atoms with Crippen molar-refractivity contribution in [2.24, 2.45) is 0 Å². The van der Waals surface area contributed by atoms with Crippen LogP contribution in [0.1, 0.15) is 112 Å². The molecule has 0 saturated heterocycles. The fraction of sp³-hybridized carbons (Fsp3) is 0.444. The molecule has 0 atom stereocenters. The molecule has 6 nitrogen and oxygen atoms in total. The Morgan fingerprint density at radius 3 is 1.10 bits per heavy atom. The number of esters is 2. The lowest BCUT2D eigenvalue weighted by Crippen LogP contribution is -2.09. The van der Waals surface area contributed by atoms with Crippen molar-refractivity contribution in [3.63, 3.8) is 0 Å². The van der Waals surface area contributed by atoms with Crippen LogP contribution in [0.4, 0.5) is 0 Å². The highest BCUT2D eigenvalue weighted by Crippen LogP contribution is 2.22. The van der Waals surface area contributed by atoms with Crippen molar-refractivity contribution in [1.82, 2.24) is 0 Å². The fourth-order valence-corrected chi connectivity index (χ4v) is 4.43. The van der Waals surface area contributed by atoms with Crippen LogP contribution in [0.25, 0.3) is 0 Å². The van der Waals surface area contributed by atoms with Gasteiger partial charge in [0.25, 0.3) is 0 Å². The first-order chi connectivity index (χ1) is 20.6. The van der Waals surface area contributed by atoms with Crippen molar-refractivity contribution in [3.8, 4) is 23.0 Å². The quantitative estimate of drug-likeness (QED) is 0.0760. The molecule has 3 aromatic carbocycles. The molecule has 0 unspecified atom stereocenters. The Bertz CT molecular complexity index is 1070. The lowest BCUT2D eigenvalue weighted by molar-refractivity contribution is 0.0719. The van der Waals surface area contributed by atoms with E-state index in [4.69, 9.17) is 18.9 Å². The normalized spacial score (nSPS) is 10.7. The summed E-state index contributed by atoms with van der Waals surface area (Å²) in [4.78, 5) is 25.1. The second kappa shape index (κ2) is 19.3. The molecule has 0 saturated carbocycles. The van der Waals surface area contributed by atoms with E-state index in [-0.39, 0.29) is 0 Å². The number of rotatable bonds is 20. The van der Waals surface area contributed by atoms with E-state index >= 15 is 0 Å². The molecule has 0 fully saturated rings. The Labute approximate surface area is 251 Å². The summed E-state index contributed by atoms with van der Waals surface area (Å²) in [6, 6.07) is 20.3. The number of carbonyl (C=O) groups excluding carboxylic acids is 2. The summed E-state index contributed by atoms with van der Waals surface area (Å²) in [6.45, 7) is 5.78. The van der Waals surface area contributed by atoms with E-state index in [0.29, 0.717) is 35.8 Å². The first-order valence-electron chi connectivity index (χ1n) is 15.6. The Hall–Kier alpha value is -3.80. The smallest absolute Gasteiger partial charge is 0.343 e. The Balaban J connectivity index is 1.37. The number of benzene rings is 3. The van der Waals surface area contributed by atoms with Crippen LogP contribution in [0.5, 0.6) is 23.0 Å². The molecule has 0 amide bonds. The van der Waals surface area contributed by atoms with Gasteiger partial charge in [0.15, 0.2) is 0 Å². The Kier molecular flexibility index (Phi) is 15.1. The van der Waals surface area contributed by atoms with E-state index < -0.39 is 11.9 Å². The lowest BCUT2D eigenvalue weighted by atomic mass is 10.1. The van der Waals surface area contributed by atoms with E-state index in [1.807, 2.05) is 0 Å². The summed E-state index contributed by atoms with van der Waals surface area (Å²) in [5.74, 6) is 1.25. The molecule has 6 heteroatoms. The summed E-state index contributed by atoms with van der Waals surface area (Å²) in [5.41, 5.74) is 0.855. The summed E-state index contributed by atoms with van der Waals surface area (Å²) in [7, 11) is 0. The van der Waals surface area contributed by atoms with Gasteiger partial charge in [-0.15, -0.1) is 0 Å². The molecule has 42 heavy (non-hydrogen) atoms. The molecule has 0 bridgehead atoms. The largest absolute Gasteiger partial charge is 0.494 e. The molecule has 0 aliphatic rings. The van der Waals surface area contributed by atoms with Crippen molar-refractivity contribution < 1.29 is 28.5 Å². The maximum atomic E-state index is 12.6. The van der Waals surface area contributed by atoms with Crippen LogP contribution in [0.15, 0.2) is 72.8 Å². The average molecular weight is 575 g/mol. The minimum atomic E-state index is -0.471. The second-order valence-corrected chi connectivity index (χ2v) is 10.5. The molecule has 0 aromatic heterocycles. The third-order valence-electron chi connectivity index (χ3n) is 6.96. The van der Waals surface area contributed by atoms with Gasteiger partial charge in [0.2, 0.25) is 0 Å². The highest BCUT2D eigenvalue weighted by molar-refractivity contribution is 5.92. The summed E-state index contributed by atoms with van der Waals surface area (Å²) in [6.07, 6.45) is 14.5. The number of hydrogen-bond donors (Lipinski definition) is 0. The van der Waals surface area contributed by atoms with Crippen molar-refractivity contribution in [1.29, 1.82) is 0 Å². The van der Waals surface area contributed by atoms with E-state index in [1.54, 1.807) is 72.8 Å². The number of unbranched alkanes of at least 4 members (excludes halogenated alkanes) is 10. The molecule has 3 rings (SSSR count). The molecule has 226 valence electrons. The molecule has 0 spiro atoms. The SMILES string of the molecule is CCCCCCCCOc1ccc(C(=O)Oc2ccc(OC(=O)c3ccc(OCCCCCCCC)cc3)cc2)cc1. The van der Waals surface area contributed by atoms with Gasteiger partial charge in [-0.2, -0.15) is 0 Å². The first kappa shape index (κ1) is 32.7. The van der Waals surface area contributed by atoms with Gasteiger partial charge < -0.3 is 18.9 Å². The lowest BCUT2D eigenvalue weighted by Gasteiger charge is -2.09. The molecular formula is C36H46O6. The molecule has 0 aliphatic heterocycles. The third-order valence-corrected chi connectivity index (χ3v) is 6.96. The van der Waals surface area contributed by atoms with Crippen molar-refractivity contribution in [3.05, 3.63) is 83.9 Å². The maximum Gasteiger partial charge on any atom is 0.343 e. The molecule has 0 N–H and O–H groups in total. The Morgan fingerprint density at radius 2 is 0.738 bits per heavy atom. The number of hydrogen-bond acceptors (Lipinski definition) is 6.